The normalized spacial score (nSPS) is 20.9. The Morgan fingerprint density at radius 1 is 0.923 bits per heavy atom. The van der Waals surface area contributed by atoms with E-state index >= 15 is 0 Å². The lowest BCUT2D eigenvalue weighted by molar-refractivity contribution is -0.168. The minimum atomic E-state index is -1.11. The van der Waals surface area contributed by atoms with E-state index in [0.717, 1.165) is 0 Å². The third-order valence-electron chi connectivity index (χ3n) is 4.89. The van der Waals surface area contributed by atoms with E-state index in [-0.39, 0.29) is 31.4 Å². The van der Waals surface area contributed by atoms with Crippen molar-refractivity contribution in [1.82, 2.24) is 10.2 Å². The molecule has 0 bridgehead atoms. The molecule has 1 rings (SSSR count). The minimum Gasteiger partial charge on any atom is -0.465 e. The first-order valence-corrected chi connectivity index (χ1v) is 9.35. The van der Waals surface area contributed by atoms with Gasteiger partial charge in [0.1, 0.15) is 5.54 Å². The molecule has 1 fully saturated rings. The monoisotopic (exact) mass is 370 g/mol. The van der Waals surface area contributed by atoms with Crippen LogP contribution in [0.15, 0.2) is 0 Å². The van der Waals surface area contributed by atoms with Crippen molar-refractivity contribution in [3.63, 3.8) is 0 Å². The van der Waals surface area contributed by atoms with Crippen LogP contribution in [-0.2, 0) is 23.9 Å². The first kappa shape index (κ1) is 22.4. The van der Waals surface area contributed by atoms with E-state index in [1.165, 1.54) is 0 Å². The van der Waals surface area contributed by atoms with Crippen molar-refractivity contribution in [3.8, 4) is 0 Å². The van der Waals surface area contributed by atoms with Crippen LogP contribution in [0.4, 0.5) is 0 Å². The number of ether oxygens (including phenoxy) is 2. The Balaban J connectivity index is 3.25. The maximum Gasteiger partial charge on any atom is 0.331 e. The van der Waals surface area contributed by atoms with Crippen molar-refractivity contribution >= 4 is 17.8 Å². The van der Waals surface area contributed by atoms with E-state index in [1.54, 1.807) is 20.8 Å². The number of hydrogen-bond acceptors (Lipinski definition) is 6. The second-order valence-electron chi connectivity index (χ2n) is 8.07. The lowest BCUT2D eigenvalue weighted by Gasteiger charge is -2.58. The molecule has 1 amide bonds. The van der Waals surface area contributed by atoms with E-state index in [0.29, 0.717) is 19.4 Å². The molecule has 7 nitrogen and oxygen atoms in total. The molecule has 0 aliphatic carbocycles. The van der Waals surface area contributed by atoms with Crippen LogP contribution < -0.4 is 5.32 Å². The van der Waals surface area contributed by atoms with Gasteiger partial charge in [-0.25, -0.2) is 4.79 Å². The zero-order valence-corrected chi connectivity index (χ0v) is 17.2. The molecule has 0 radical (unpaired) electrons. The SMILES string of the molecule is CCOC(=O)CN1C(C)(C)CC(NC(=O)CC)(C(=O)OCC)CC1(C)C. The van der Waals surface area contributed by atoms with Crippen LogP contribution in [0.3, 0.4) is 0 Å². The maximum atomic E-state index is 12.8. The number of piperidine rings is 1. The number of esters is 2. The zero-order valence-electron chi connectivity index (χ0n) is 17.2. The van der Waals surface area contributed by atoms with E-state index in [1.807, 2.05) is 32.6 Å². The number of hydrogen-bond donors (Lipinski definition) is 1. The quantitative estimate of drug-likeness (QED) is 0.690. The minimum absolute atomic E-state index is 0.133. The van der Waals surface area contributed by atoms with Crippen LogP contribution in [0.1, 0.15) is 67.7 Å². The molecule has 0 atom stereocenters. The van der Waals surface area contributed by atoms with Gasteiger partial charge in [-0.3, -0.25) is 14.5 Å². The van der Waals surface area contributed by atoms with Gasteiger partial charge >= 0.3 is 11.9 Å². The average Bonchev–Trinajstić information content (AvgIpc) is 2.50. The molecule has 150 valence electrons. The standard InChI is InChI=1S/C19H34N2O5/c1-8-14(22)20-19(16(24)26-10-3)12-17(4,5)21(18(6,7)13-19)11-15(23)25-9-2/h8-13H2,1-7H3,(H,20,22). The first-order valence-electron chi connectivity index (χ1n) is 9.35. The average molecular weight is 370 g/mol. The van der Waals surface area contributed by atoms with Gasteiger partial charge < -0.3 is 14.8 Å². The Bertz CT molecular complexity index is 524. The van der Waals surface area contributed by atoms with Crippen LogP contribution in [0.2, 0.25) is 0 Å². The van der Waals surface area contributed by atoms with Crippen LogP contribution in [-0.4, -0.2) is 59.1 Å². The van der Waals surface area contributed by atoms with E-state index in [2.05, 4.69) is 5.32 Å². The van der Waals surface area contributed by atoms with Gasteiger partial charge in [-0.2, -0.15) is 0 Å². The Morgan fingerprint density at radius 3 is 1.85 bits per heavy atom. The van der Waals surface area contributed by atoms with Crippen LogP contribution in [0, 0.1) is 0 Å². The lowest BCUT2D eigenvalue weighted by atomic mass is 9.68. The van der Waals surface area contributed by atoms with Gasteiger partial charge in [0.2, 0.25) is 5.91 Å². The molecular formula is C19H34N2O5. The maximum absolute atomic E-state index is 12.8. The molecule has 0 aromatic rings. The van der Waals surface area contributed by atoms with Gasteiger partial charge in [0, 0.05) is 17.5 Å². The van der Waals surface area contributed by atoms with Gasteiger partial charge in [0.15, 0.2) is 0 Å². The molecule has 26 heavy (non-hydrogen) atoms. The summed E-state index contributed by atoms with van der Waals surface area (Å²) in [6.45, 7) is 13.9. The summed E-state index contributed by atoms with van der Waals surface area (Å²) in [4.78, 5) is 39.1. The second-order valence-corrected chi connectivity index (χ2v) is 8.07. The van der Waals surface area contributed by atoms with Gasteiger partial charge in [0.05, 0.1) is 19.8 Å². The Morgan fingerprint density at radius 2 is 1.42 bits per heavy atom. The van der Waals surface area contributed by atoms with Crippen LogP contribution >= 0.6 is 0 Å². The molecule has 0 spiro atoms. The van der Waals surface area contributed by atoms with Crippen molar-refractivity contribution in [2.24, 2.45) is 0 Å². The second kappa shape index (κ2) is 8.37. The summed E-state index contributed by atoms with van der Waals surface area (Å²) in [5, 5.41) is 2.92. The molecule has 1 aliphatic rings. The summed E-state index contributed by atoms with van der Waals surface area (Å²) in [7, 11) is 0. The fourth-order valence-corrected chi connectivity index (χ4v) is 4.22. The van der Waals surface area contributed by atoms with Gasteiger partial charge in [-0.1, -0.05) is 6.92 Å². The van der Waals surface area contributed by atoms with Crippen molar-refractivity contribution in [1.29, 1.82) is 0 Å². The van der Waals surface area contributed by atoms with Crippen LogP contribution in [0.25, 0.3) is 0 Å². The van der Waals surface area contributed by atoms with Crippen molar-refractivity contribution in [2.45, 2.75) is 84.3 Å². The van der Waals surface area contributed by atoms with E-state index in [4.69, 9.17) is 9.47 Å². The fraction of sp³-hybridized carbons (Fsp3) is 0.842. The summed E-state index contributed by atoms with van der Waals surface area (Å²) in [5.41, 5.74) is -2.16. The summed E-state index contributed by atoms with van der Waals surface area (Å²) in [6.07, 6.45) is 0.995. The van der Waals surface area contributed by atoms with E-state index in [9.17, 15) is 14.4 Å². The number of carbonyl (C=O) groups is 3. The predicted octanol–water partition coefficient (Wildman–Crippen LogP) is 2.03. The molecular weight excluding hydrogens is 336 g/mol. The third kappa shape index (κ3) is 4.96. The van der Waals surface area contributed by atoms with Crippen molar-refractivity contribution in [3.05, 3.63) is 0 Å². The van der Waals surface area contributed by atoms with Gasteiger partial charge in [0.25, 0.3) is 0 Å². The highest BCUT2D eigenvalue weighted by Gasteiger charge is 2.57. The molecule has 0 saturated carbocycles. The number of amides is 1. The topological polar surface area (TPSA) is 84.9 Å². The highest BCUT2D eigenvalue weighted by molar-refractivity contribution is 5.88. The molecule has 1 saturated heterocycles. The molecule has 1 heterocycles. The Labute approximate surface area is 156 Å². The highest BCUT2D eigenvalue weighted by atomic mass is 16.5. The third-order valence-corrected chi connectivity index (χ3v) is 4.89. The summed E-state index contributed by atoms with van der Waals surface area (Å²) in [5.74, 6) is -0.905. The molecule has 1 N–H and O–H groups in total. The summed E-state index contributed by atoms with van der Waals surface area (Å²) < 4.78 is 10.4. The largest absolute Gasteiger partial charge is 0.465 e. The molecule has 0 aromatic heterocycles. The fourth-order valence-electron chi connectivity index (χ4n) is 4.22. The van der Waals surface area contributed by atoms with Crippen LogP contribution in [0.5, 0.6) is 0 Å². The summed E-state index contributed by atoms with van der Waals surface area (Å²) in [6, 6.07) is 0. The Hall–Kier alpha value is -1.63. The Kier molecular flexibility index (Phi) is 7.22. The lowest BCUT2D eigenvalue weighted by Crippen LogP contribution is -2.72. The zero-order chi connectivity index (χ0) is 20.2. The van der Waals surface area contributed by atoms with Gasteiger partial charge in [-0.05, 0) is 54.4 Å². The van der Waals surface area contributed by atoms with Crippen molar-refractivity contribution in [2.75, 3.05) is 19.8 Å². The van der Waals surface area contributed by atoms with Crippen molar-refractivity contribution < 1.29 is 23.9 Å². The number of rotatable bonds is 7. The van der Waals surface area contributed by atoms with E-state index < -0.39 is 22.6 Å². The number of carbonyl (C=O) groups excluding carboxylic acids is 3. The highest BCUT2D eigenvalue weighted by Crippen LogP contribution is 2.44. The molecule has 7 heteroatoms. The van der Waals surface area contributed by atoms with Gasteiger partial charge in [-0.15, -0.1) is 0 Å². The number of nitrogens with zero attached hydrogens (tertiary/aromatic N) is 1. The summed E-state index contributed by atoms with van der Waals surface area (Å²) >= 11 is 0. The number of likely N-dealkylation sites (tertiary alicyclic amines) is 1. The molecule has 1 aliphatic heterocycles. The molecule has 0 aromatic carbocycles. The predicted molar refractivity (Wildman–Crippen MR) is 98.5 cm³/mol. The first-order chi connectivity index (χ1) is 11.9. The smallest absolute Gasteiger partial charge is 0.331 e. The molecule has 0 unspecified atom stereocenters. The number of nitrogens with one attached hydrogen (secondary N) is 1.